The van der Waals surface area contributed by atoms with E-state index in [4.69, 9.17) is 4.74 Å². The van der Waals surface area contributed by atoms with Gasteiger partial charge in [0.15, 0.2) is 0 Å². The number of aromatic nitrogens is 1. The third-order valence-corrected chi connectivity index (χ3v) is 3.45. The number of hydrogen-bond acceptors (Lipinski definition) is 3. The Bertz CT molecular complexity index is 488. The van der Waals surface area contributed by atoms with Crippen molar-refractivity contribution >= 4 is 28.6 Å². The highest BCUT2D eigenvalue weighted by atomic mass is 32.2. The van der Waals surface area contributed by atoms with E-state index in [0.29, 0.717) is 6.61 Å². The van der Waals surface area contributed by atoms with E-state index in [0.717, 1.165) is 15.9 Å². The van der Waals surface area contributed by atoms with Crippen molar-refractivity contribution in [2.75, 3.05) is 6.61 Å². The van der Waals surface area contributed by atoms with Crippen LogP contribution in [-0.2, 0) is 9.53 Å². The molecular weight excluding hydrogens is 234 g/mol. The highest BCUT2D eigenvalue weighted by Gasteiger charge is 2.16. The number of ether oxygens (including phenoxy) is 1. The summed E-state index contributed by atoms with van der Waals surface area (Å²) in [5, 5.41) is 1.96. The third kappa shape index (κ3) is 2.82. The molecule has 3 nitrogen and oxygen atoms in total. The topological polar surface area (TPSA) is 42.1 Å². The molecule has 1 unspecified atom stereocenters. The molecule has 4 heteroatoms. The minimum atomic E-state index is -0.192. The average Bonchev–Trinajstić information content (AvgIpc) is 2.71. The van der Waals surface area contributed by atoms with Crippen LogP contribution < -0.4 is 0 Å². The van der Waals surface area contributed by atoms with E-state index in [2.05, 4.69) is 11.1 Å². The SMILES string of the molecule is CCOC(=O)C(C)Sc1cc2ccccc2[nH]1. The number of para-hydroxylation sites is 1. The summed E-state index contributed by atoms with van der Waals surface area (Å²) in [6.45, 7) is 4.10. The number of rotatable bonds is 4. The van der Waals surface area contributed by atoms with Crippen LogP contribution in [0.1, 0.15) is 13.8 Å². The molecule has 0 saturated carbocycles. The van der Waals surface area contributed by atoms with Gasteiger partial charge in [-0.15, -0.1) is 0 Å². The molecule has 2 aromatic rings. The van der Waals surface area contributed by atoms with Gasteiger partial charge >= 0.3 is 5.97 Å². The number of esters is 1. The molecule has 1 aromatic heterocycles. The van der Waals surface area contributed by atoms with Crippen LogP contribution in [0.25, 0.3) is 10.9 Å². The van der Waals surface area contributed by atoms with Gasteiger partial charge in [0.1, 0.15) is 5.25 Å². The minimum Gasteiger partial charge on any atom is -0.465 e. The summed E-state index contributed by atoms with van der Waals surface area (Å²) in [5.74, 6) is -0.170. The summed E-state index contributed by atoms with van der Waals surface area (Å²) in [7, 11) is 0. The molecule has 0 bridgehead atoms. The zero-order valence-corrected chi connectivity index (χ0v) is 10.7. The molecule has 0 amide bonds. The normalized spacial score (nSPS) is 12.6. The Morgan fingerprint density at radius 3 is 2.94 bits per heavy atom. The summed E-state index contributed by atoms with van der Waals surface area (Å²) in [6, 6.07) is 10.1. The fourth-order valence-electron chi connectivity index (χ4n) is 1.61. The molecule has 17 heavy (non-hydrogen) atoms. The Kier molecular flexibility index (Phi) is 3.74. The highest BCUT2D eigenvalue weighted by Crippen LogP contribution is 2.26. The molecule has 0 radical (unpaired) electrons. The Morgan fingerprint density at radius 2 is 2.24 bits per heavy atom. The zero-order valence-electron chi connectivity index (χ0n) is 9.90. The maximum absolute atomic E-state index is 11.5. The van der Waals surface area contributed by atoms with Gasteiger partial charge in [-0.25, -0.2) is 0 Å². The van der Waals surface area contributed by atoms with E-state index in [1.54, 1.807) is 0 Å². The van der Waals surface area contributed by atoms with E-state index in [1.807, 2.05) is 38.1 Å². The van der Waals surface area contributed by atoms with E-state index >= 15 is 0 Å². The molecule has 0 aliphatic heterocycles. The second-order valence-electron chi connectivity index (χ2n) is 3.73. The first-order valence-electron chi connectivity index (χ1n) is 5.61. The van der Waals surface area contributed by atoms with Crippen molar-refractivity contribution in [2.45, 2.75) is 24.1 Å². The van der Waals surface area contributed by atoms with E-state index < -0.39 is 0 Å². The lowest BCUT2D eigenvalue weighted by Crippen LogP contribution is -2.16. The van der Waals surface area contributed by atoms with Gasteiger partial charge in [-0.05, 0) is 26.0 Å². The summed E-state index contributed by atoms with van der Waals surface area (Å²) < 4.78 is 4.98. The summed E-state index contributed by atoms with van der Waals surface area (Å²) in [5.41, 5.74) is 1.09. The third-order valence-electron chi connectivity index (χ3n) is 2.43. The van der Waals surface area contributed by atoms with Gasteiger partial charge in [0.05, 0.1) is 11.6 Å². The fraction of sp³-hybridized carbons (Fsp3) is 0.308. The molecule has 0 saturated heterocycles. The lowest BCUT2D eigenvalue weighted by atomic mass is 10.3. The van der Waals surface area contributed by atoms with Crippen LogP contribution in [0.4, 0.5) is 0 Å². The predicted octanol–water partition coefficient (Wildman–Crippen LogP) is 3.21. The lowest BCUT2D eigenvalue weighted by molar-refractivity contribution is -0.142. The first kappa shape index (κ1) is 12.0. The van der Waals surface area contributed by atoms with E-state index in [1.165, 1.54) is 11.8 Å². The van der Waals surface area contributed by atoms with Crippen LogP contribution in [0.3, 0.4) is 0 Å². The van der Waals surface area contributed by atoms with Crippen molar-refractivity contribution < 1.29 is 9.53 Å². The fourth-order valence-corrected chi connectivity index (χ4v) is 2.52. The second kappa shape index (κ2) is 5.27. The number of benzene rings is 1. The molecule has 1 atom stereocenters. The summed E-state index contributed by atoms with van der Waals surface area (Å²) in [6.07, 6.45) is 0. The van der Waals surface area contributed by atoms with Gasteiger partial charge in [-0.1, -0.05) is 30.0 Å². The van der Waals surface area contributed by atoms with Crippen LogP contribution in [-0.4, -0.2) is 22.8 Å². The van der Waals surface area contributed by atoms with Crippen molar-refractivity contribution in [2.24, 2.45) is 0 Å². The van der Waals surface area contributed by atoms with Gasteiger partial charge in [-0.2, -0.15) is 0 Å². The number of aromatic amines is 1. The monoisotopic (exact) mass is 249 g/mol. The minimum absolute atomic E-state index is 0.170. The maximum Gasteiger partial charge on any atom is 0.319 e. The second-order valence-corrected chi connectivity index (χ2v) is 5.12. The molecule has 0 aliphatic rings. The first-order valence-corrected chi connectivity index (χ1v) is 6.49. The predicted molar refractivity (Wildman–Crippen MR) is 70.3 cm³/mol. The molecule has 0 aliphatic carbocycles. The molecule has 0 fully saturated rings. The molecular formula is C13H15NO2S. The quantitative estimate of drug-likeness (QED) is 0.668. The maximum atomic E-state index is 11.5. The molecule has 90 valence electrons. The van der Waals surface area contributed by atoms with Crippen molar-refractivity contribution in [3.05, 3.63) is 30.3 Å². The summed E-state index contributed by atoms with van der Waals surface area (Å²) in [4.78, 5) is 14.8. The number of hydrogen-bond donors (Lipinski definition) is 1. The lowest BCUT2D eigenvalue weighted by Gasteiger charge is -2.08. The zero-order chi connectivity index (χ0) is 12.3. The van der Waals surface area contributed by atoms with Crippen LogP contribution >= 0.6 is 11.8 Å². The van der Waals surface area contributed by atoms with Gasteiger partial charge in [-0.3, -0.25) is 4.79 Å². The van der Waals surface area contributed by atoms with Gasteiger partial charge in [0.25, 0.3) is 0 Å². The van der Waals surface area contributed by atoms with Crippen LogP contribution in [0, 0.1) is 0 Å². The molecule has 1 N–H and O–H groups in total. The van der Waals surface area contributed by atoms with Crippen LogP contribution in [0.15, 0.2) is 35.4 Å². The first-order chi connectivity index (χ1) is 8.20. The van der Waals surface area contributed by atoms with Crippen molar-refractivity contribution in [1.29, 1.82) is 0 Å². The standard InChI is InChI=1S/C13H15NO2S/c1-3-16-13(15)9(2)17-12-8-10-6-4-5-7-11(10)14-12/h4-9,14H,3H2,1-2H3. The van der Waals surface area contributed by atoms with Crippen molar-refractivity contribution in [3.63, 3.8) is 0 Å². The van der Waals surface area contributed by atoms with Crippen LogP contribution in [0.5, 0.6) is 0 Å². The molecule has 1 aromatic carbocycles. The molecule has 1 heterocycles. The number of thioether (sulfide) groups is 1. The van der Waals surface area contributed by atoms with Crippen molar-refractivity contribution in [3.8, 4) is 0 Å². The van der Waals surface area contributed by atoms with Gasteiger partial charge < -0.3 is 9.72 Å². The average molecular weight is 249 g/mol. The highest BCUT2D eigenvalue weighted by molar-refractivity contribution is 8.00. The number of nitrogens with one attached hydrogen (secondary N) is 1. The molecule has 2 rings (SSSR count). The van der Waals surface area contributed by atoms with E-state index in [-0.39, 0.29) is 11.2 Å². The molecule has 0 spiro atoms. The Balaban J connectivity index is 2.10. The Hall–Kier alpha value is -1.42. The smallest absolute Gasteiger partial charge is 0.319 e. The van der Waals surface area contributed by atoms with Crippen molar-refractivity contribution in [1.82, 2.24) is 4.98 Å². The Morgan fingerprint density at radius 1 is 1.47 bits per heavy atom. The number of carbonyl (C=O) groups excluding carboxylic acids is 1. The van der Waals surface area contributed by atoms with Gasteiger partial charge in [0.2, 0.25) is 0 Å². The largest absolute Gasteiger partial charge is 0.465 e. The Labute approximate surface area is 105 Å². The number of carbonyl (C=O) groups is 1. The number of H-pyrrole nitrogens is 1. The number of fused-ring (bicyclic) bond motifs is 1. The van der Waals surface area contributed by atoms with E-state index in [9.17, 15) is 4.79 Å². The summed E-state index contributed by atoms with van der Waals surface area (Å²) >= 11 is 1.49. The van der Waals surface area contributed by atoms with Crippen LogP contribution in [0.2, 0.25) is 0 Å². The van der Waals surface area contributed by atoms with Gasteiger partial charge in [0, 0.05) is 10.9 Å².